The van der Waals surface area contributed by atoms with Gasteiger partial charge in [0.05, 0.1) is 12.6 Å². The molecule has 0 bridgehead atoms. The molecule has 2 amide bonds. The Morgan fingerprint density at radius 1 is 1.02 bits per heavy atom. The number of nitrogens with one attached hydrogen (secondary N) is 1. The zero-order valence-electron chi connectivity index (χ0n) is 22.8. The fourth-order valence-electron chi connectivity index (χ4n) is 5.64. The fourth-order valence-corrected chi connectivity index (χ4v) is 7.28. The predicted octanol–water partition coefficient (Wildman–Crippen LogP) is 2.37. The average molecular weight is 577 g/mol. The number of carbonyl (C=O) groups is 3. The van der Waals surface area contributed by atoms with E-state index < -0.39 is 40.0 Å². The predicted molar refractivity (Wildman–Crippen MR) is 151 cm³/mol. The third-order valence-electron chi connectivity index (χ3n) is 7.58. The number of ketones is 1. The molecule has 214 valence electrons. The fraction of sp³-hybridized carbons (Fsp3) is 0.333. The molecule has 2 fully saturated rings. The van der Waals surface area contributed by atoms with Crippen LogP contribution in [0.2, 0.25) is 0 Å². The smallest absolute Gasteiger partial charge is 0.251 e. The van der Waals surface area contributed by atoms with Gasteiger partial charge in [-0.3, -0.25) is 14.4 Å². The molecule has 1 aromatic heterocycles. The average Bonchev–Trinajstić information content (AvgIpc) is 3.54. The second kappa shape index (κ2) is 11.4. The van der Waals surface area contributed by atoms with Gasteiger partial charge < -0.3 is 15.4 Å². The molecule has 2 aromatic carbocycles. The second-order valence-corrected chi connectivity index (χ2v) is 12.7. The molecule has 3 atom stereocenters. The summed E-state index contributed by atoms with van der Waals surface area (Å²) in [6, 6.07) is 16.9. The molecule has 1 N–H and O–H groups in total. The summed E-state index contributed by atoms with van der Waals surface area (Å²) in [7, 11) is -4.13. The molecular weight excluding hydrogens is 544 g/mol. The van der Waals surface area contributed by atoms with Crippen molar-refractivity contribution < 1.29 is 27.5 Å². The summed E-state index contributed by atoms with van der Waals surface area (Å²) in [4.78, 5) is 41.3. The number of amides is 2. The lowest BCUT2D eigenvalue weighted by Crippen LogP contribution is -2.53. The monoisotopic (exact) mass is 576 g/mol. The Bertz CT molecular complexity index is 1560. The number of benzene rings is 2. The Labute approximate surface area is 239 Å². The minimum Gasteiger partial charge on any atom is -0.619 e. The molecule has 3 unspecified atom stereocenters. The molecule has 2 saturated heterocycles. The molecule has 10 nitrogen and oxygen atoms in total. The highest BCUT2D eigenvalue weighted by Crippen LogP contribution is 2.34. The van der Waals surface area contributed by atoms with Crippen LogP contribution in [0, 0.1) is 11.1 Å². The molecule has 3 aromatic rings. The number of pyridine rings is 1. The number of rotatable bonds is 8. The van der Waals surface area contributed by atoms with E-state index >= 15 is 0 Å². The van der Waals surface area contributed by atoms with Crippen LogP contribution in [0.3, 0.4) is 0 Å². The summed E-state index contributed by atoms with van der Waals surface area (Å²) < 4.78 is 28.1. The van der Waals surface area contributed by atoms with Crippen LogP contribution in [0.4, 0.5) is 0 Å². The lowest BCUT2D eigenvalue weighted by Gasteiger charge is -2.29. The van der Waals surface area contributed by atoms with E-state index in [0.29, 0.717) is 16.7 Å². The van der Waals surface area contributed by atoms with Crippen molar-refractivity contribution in [2.75, 3.05) is 13.1 Å². The Morgan fingerprint density at radius 3 is 2.37 bits per heavy atom. The summed E-state index contributed by atoms with van der Waals surface area (Å²) in [6.45, 7) is 3.67. The third kappa shape index (κ3) is 5.73. The maximum absolute atomic E-state index is 13.8. The maximum atomic E-state index is 13.8. The van der Waals surface area contributed by atoms with Crippen LogP contribution >= 0.6 is 0 Å². The number of fused-ring (bicyclic) bond motifs is 1. The van der Waals surface area contributed by atoms with Crippen LogP contribution in [-0.2, 0) is 19.6 Å². The Hall–Kier alpha value is -4.09. The van der Waals surface area contributed by atoms with Crippen molar-refractivity contribution >= 4 is 27.6 Å². The molecule has 41 heavy (non-hydrogen) atoms. The van der Waals surface area contributed by atoms with Crippen molar-refractivity contribution in [1.82, 2.24) is 14.5 Å². The van der Waals surface area contributed by atoms with Gasteiger partial charge in [0.2, 0.25) is 15.9 Å². The molecule has 0 saturated carbocycles. The molecule has 3 heterocycles. The quantitative estimate of drug-likeness (QED) is 0.324. The summed E-state index contributed by atoms with van der Waals surface area (Å²) in [5.41, 5.74) is 2.38. The van der Waals surface area contributed by atoms with Gasteiger partial charge in [-0.05, 0) is 48.1 Å². The van der Waals surface area contributed by atoms with Crippen LogP contribution in [-0.4, -0.2) is 66.4 Å². The van der Waals surface area contributed by atoms with Gasteiger partial charge in [-0.25, -0.2) is 8.42 Å². The van der Waals surface area contributed by atoms with E-state index in [1.54, 1.807) is 12.1 Å². The third-order valence-corrected chi connectivity index (χ3v) is 9.43. The van der Waals surface area contributed by atoms with Crippen molar-refractivity contribution in [2.24, 2.45) is 5.92 Å². The first-order valence-corrected chi connectivity index (χ1v) is 15.0. The van der Waals surface area contributed by atoms with Gasteiger partial charge in [0, 0.05) is 18.2 Å². The summed E-state index contributed by atoms with van der Waals surface area (Å²) in [6.07, 6.45) is 2.75. The molecule has 2 aliphatic rings. The SMILES string of the molecule is CC(C)CC(NC(=O)c1ccc(-c2ccccc2)cc1)C(=O)N1CCC2C1C(=O)CN2S(=O)(=O)c1ccc[n+]([O-])c1. The Balaban J connectivity index is 1.33. The second-order valence-electron chi connectivity index (χ2n) is 10.8. The van der Waals surface area contributed by atoms with Gasteiger partial charge in [-0.2, -0.15) is 9.04 Å². The Kier molecular flexibility index (Phi) is 7.92. The van der Waals surface area contributed by atoms with Gasteiger partial charge in [-0.1, -0.05) is 56.3 Å². The molecular formula is C30H32N4O6S. The van der Waals surface area contributed by atoms with E-state index in [1.165, 1.54) is 23.2 Å². The van der Waals surface area contributed by atoms with Crippen molar-refractivity contribution in [3.63, 3.8) is 0 Å². The molecule has 0 aliphatic carbocycles. The molecule has 0 radical (unpaired) electrons. The van der Waals surface area contributed by atoms with Crippen LogP contribution in [0.25, 0.3) is 11.1 Å². The number of aromatic nitrogens is 1. The molecule has 11 heteroatoms. The van der Waals surface area contributed by atoms with E-state index in [9.17, 15) is 28.0 Å². The highest BCUT2D eigenvalue weighted by Gasteiger charge is 2.54. The van der Waals surface area contributed by atoms with E-state index in [1.807, 2.05) is 56.3 Å². The Morgan fingerprint density at radius 2 is 1.71 bits per heavy atom. The first-order chi connectivity index (χ1) is 19.6. The topological polar surface area (TPSA) is 131 Å². The first-order valence-electron chi connectivity index (χ1n) is 13.6. The van der Waals surface area contributed by atoms with Gasteiger partial charge in [0.25, 0.3) is 5.91 Å². The molecule has 5 rings (SSSR count). The van der Waals surface area contributed by atoms with Gasteiger partial charge in [0.15, 0.2) is 18.2 Å². The lowest BCUT2D eigenvalue weighted by molar-refractivity contribution is -0.607. The highest BCUT2D eigenvalue weighted by molar-refractivity contribution is 7.89. The summed E-state index contributed by atoms with van der Waals surface area (Å²) >= 11 is 0. The standard InChI is InChI=1S/C30H32N4O6S/c1-20(2)17-25(31-29(36)23-12-10-22(11-13-23)21-7-4-3-5-8-21)30(37)33-16-14-26-28(33)27(35)19-34(26)41(39,40)24-9-6-15-32(38)18-24/h3-13,15,18,20,25-26,28H,14,16-17,19H2,1-2H3,(H,31,36). The van der Waals surface area contributed by atoms with Crippen molar-refractivity contribution in [2.45, 2.75) is 49.7 Å². The normalized spacial score (nSPS) is 19.8. The minimum atomic E-state index is -4.13. The zero-order chi connectivity index (χ0) is 29.3. The lowest BCUT2D eigenvalue weighted by atomic mass is 10.0. The first kappa shape index (κ1) is 28.4. The van der Waals surface area contributed by atoms with Crippen LogP contribution in [0.1, 0.15) is 37.0 Å². The van der Waals surface area contributed by atoms with Gasteiger partial charge >= 0.3 is 0 Å². The van der Waals surface area contributed by atoms with E-state index in [0.717, 1.165) is 21.6 Å². The largest absolute Gasteiger partial charge is 0.619 e. The number of nitrogens with zero attached hydrogens (tertiary/aromatic N) is 3. The van der Waals surface area contributed by atoms with Crippen molar-refractivity contribution in [3.8, 4) is 11.1 Å². The van der Waals surface area contributed by atoms with Gasteiger partial charge in [0.1, 0.15) is 17.0 Å². The van der Waals surface area contributed by atoms with Crippen molar-refractivity contribution in [1.29, 1.82) is 0 Å². The number of hydrogen-bond acceptors (Lipinski definition) is 6. The summed E-state index contributed by atoms with van der Waals surface area (Å²) in [5, 5.41) is 14.6. The maximum Gasteiger partial charge on any atom is 0.251 e. The van der Waals surface area contributed by atoms with Crippen LogP contribution in [0.15, 0.2) is 84.0 Å². The molecule has 2 aliphatic heterocycles. The molecule has 0 spiro atoms. The highest BCUT2D eigenvalue weighted by atomic mass is 32.2. The van der Waals surface area contributed by atoms with Crippen LogP contribution < -0.4 is 10.0 Å². The number of sulfonamides is 1. The van der Waals surface area contributed by atoms with E-state index in [4.69, 9.17) is 0 Å². The number of likely N-dealkylation sites (tertiary alicyclic amines) is 1. The number of Topliss-reactive ketones (excluding diaryl/α,β-unsaturated/α-hetero) is 1. The van der Waals surface area contributed by atoms with E-state index in [2.05, 4.69) is 5.32 Å². The van der Waals surface area contributed by atoms with Gasteiger partial charge in [-0.15, -0.1) is 0 Å². The minimum absolute atomic E-state index is 0.0659. The van der Waals surface area contributed by atoms with E-state index in [-0.39, 0.29) is 36.1 Å². The number of hydrogen-bond donors (Lipinski definition) is 1. The zero-order valence-corrected chi connectivity index (χ0v) is 23.7. The number of carbonyl (C=O) groups excluding carboxylic acids is 3. The van der Waals surface area contributed by atoms with Crippen LogP contribution in [0.5, 0.6) is 0 Å². The summed E-state index contributed by atoms with van der Waals surface area (Å²) in [5.74, 6) is -1.14. The van der Waals surface area contributed by atoms with Crippen molar-refractivity contribution in [3.05, 3.63) is 89.9 Å².